The summed E-state index contributed by atoms with van der Waals surface area (Å²) in [6.07, 6.45) is 4.12. The van der Waals surface area contributed by atoms with Crippen molar-refractivity contribution in [1.29, 1.82) is 0 Å². The van der Waals surface area contributed by atoms with Crippen LogP contribution in [-0.2, 0) is 6.42 Å². The van der Waals surface area contributed by atoms with E-state index in [-0.39, 0.29) is 5.38 Å². The summed E-state index contributed by atoms with van der Waals surface area (Å²) in [6.45, 7) is 4.18. The highest BCUT2D eigenvalue weighted by Gasteiger charge is 2.15. The summed E-state index contributed by atoms with van der Waals surface area (Å²) in [7, 11) is 0. The highest BCUT2D eigenvalue weighted by molar-refractivity contribution is 6.31. The van der Waals surface area contributed by atoms with Crippen LogP contribution in [0.15, 0.2) is 36.7 Å². The lowest BCUT2D eigenvalue weighted by Gasteiger charge is -2.16. The van der Waals surface area contributed by atoms with E-state index in [2.05, 4.69) is 37.0 Å². The Hall–Kier alpha value is -1.05. The number of hydrogen-bond donors (Lipinski definition) is 0. The van der Waals surface area contributed by atoms with E-state index in [0.29, 0.717) is 11.4 Å². The van der Waals surface area contributed by atoms with E-state index in [1.54, 1.807) is 12.4 Å². The van der Waals surface area contributed by atoms with Crippen molar-refractivity contribution in [2.45, 2.75) is 25.6 Å². The SMILES string of the molecule is Cc1cccc(C)c1C(Cl)Cc1ccncc1Cl. The summed E-state index contributed by atoms with van der Waals surface area (Å²) in [4.78, 5) is 3.99. The highest BCUT2D eigenvalue weighted by atomic mass is 35.5. The molecule has 1 heterocycles. The molecule has 0 fully saturated rings. The lowest BCUT2D eigenvalue weighted by atomic mass is 9.96. The van der Waals surface area contributed by atoms with Crippen LogP contribution in [0.4, 0.5) is 0 Å². The first-order chi connectivity index (χ1) is 8.59. The predicted molar refractivity (Wildman–Crippen MR) is 77.5 cm³/mol. The quantitative estimate of drug-likeness (QED) is 0.730. The van der Waals surface area contributed by atoms with Gasteiger partial charge in [0.1, 0.15) is 0 Å². The fraction of sp³-hybridized carbons (Fsp3) is 0.267. The molecule has 0 aliphatic heterocycles. The zero-order chi connectivity index (χ0) is 13.1. The molecule has 0 bridgehead atoms. The van der Waals surface area contributed by atoms with Gasteiger partial charge >= 0.3 is 0 Å². The molecule has 2 rings (SSSR count). The van der Waals surface area contributed by atoms with Gasteiger partial charge in [-0.1, -0.05) is 29.8 Å². The van der Waals surface area contributed by atoms with Gasteiger partial charge < -0.3 is 0 Å². The molecule has 0 N–H and O–H groups in total. The van der Waals surface area contributed by atoms with Crippen molar-refractivity contribution >= 4 is 23.2 Å². The first kappa shape index (κ1) is 13.4. The Morgan fingerprint density at radius 2 is 1.83 bits per heavy atom. The second kappa shape index (κ2) is 5.73. The predicted octanol–water partition coefficient (Wildman–Crippen LogP) is 4.87. The molecule has 0 amide bonds. The summed E-state index contributed by atoms with van der Waals surface area (Å²) >= 11 is 12.7. The number of halogens is 2. The van der Waals surface area contributed by atoms with E-state index in [4.69, 9.17) is 23.2 Å². The Bertz CT molecular complexity index is 532. The molecule has 1 aromatic carbocycles. The van der Waals surface area contributed by atoms with Crippen molar-refractivity contribution in [2.75, 3.05) is 0 Å². The van der Waals surface area contributed by atoms with Crippen LogP contribution >= 0.6 is 23.2 Å². The maximum absolute atomic E-state index is 6.54. The molecule has 2 aromatic rings. The third-order valence-corrected chi connectivity index (χ3v) is 3.82. The molecule has 0 radical (unpaired) electrons. The van der Waals surface area contributed by atoms with Crippen LogP contribution in [0.1, 0.15) is 27.6 Å². The molecule has 0 saturated carbocycles. The zero-order valence-electron chi connectivity index (χ0n) is 10.5. The summed E-state index contributed by atoms with van der Waals surface area (Å²) in [5, 5.41) is 0.612. The number of rotatable bonds is 3. The average Bonchev–Trinajstić information content (AvgIpc) is 2.32. The van der Waals surface area contributed by atoms with E-state index in [1.165, 1.54) is 16.7 Å². The Morgan fingerprint density at radius 1 is 1.17 bits per heavy atom. The van der Waals surface area contributed by atoms with Gasteiger partial charge in [0, 0.05) is 12.4 Å². The molecule has 0 aliphatic rings. The van der Waals surface area contributed by atoms with Crippen molar-refractivity contribution in [3.63, 3.8) is 0 Å². The second-order valence-corrected chi connectivity index (χ2v) is 5.38. The number of hydrogen-bond acceptors (Lipinski definition) is 1. The number of benzene rings is 1. The lowest BCUT2D eigenvalue weighted by molar-refractivity contribution is 0.897. The van der Waals surface area contributed by atoms with Gasteiger partial charge in [-0.2, -0.15) is 0 Å². The maximum Gasteiger partial charge on any atom is 0.0631 e. The van der Waals surface area contributed by atoms with Gasteiger partial charge in [-0.25, -0.2) is 0 Å². The van der Waals surface area contributed by atoms with Crippen LogP contribution in [0.5, 0.6) is 0 Å². The molecule has 1 unspecified atom stereocenters. The topological polar surface area (TPSA) is 12.9 Å². The molecule has 18 heavy (non-hydrogen) atoms. The van der Waals surface area contributed by atoms with E-state index < -0.39 is 0 Å². The van der Waals surface area contributed by atoms with Crippen molar-refractivity contribution in [3.05, 3.63) is 63.9 Å². The van der Waals surface area contributed by atoms with Crippen LogP contribution in [-0.4, -0.2) is 4.98 Å². The molecule has 1 atom stereocenters. The van der Waals surface area contributed by atoms with E-state index >= 15 is 0 Å². The lowest BCUT2D eigenvalue weighted by Crippen LogP contribution is -2.01. The number of pyridine rings is 1. The van der Waals surface area contributed by atoms with Crippen LogP contribution in [0.25, 0.3) is 0 Å². The third-order valence-electron chi connectivity index (χ3n) is 3.11. The van der Waals surface area contributed by atoms with Gasteiger partial charge in [0.25, 0.3) is 0 Å². The van der Waals surface area contributed by atoms with E-state index in [1.807, 2.05) is 6.07 Å². The minimum Gasteiger partial charge on any atom is -0.263 e. The van der Waals surface area contributed by atoms with E-state index in [0.717, 1.165) is 5.56 Å². The van der Waals surface area contributed by atoms with Gasteiger partial charge in [-0.3, -0.25) is 4.98 Å². The molecule has 0 saturated heterocycles. The summed E-state index contributed by atoms with van der Waals surface area (Å²) in [6, 6.07) is 8.15. The fourth-order valence-electron chi connectivity index (χ4n) is 2.19. The van der Waals surface area contributed by atoms with Gasteiger partial charge in [-0.05, 0) is 48.6 Å². The van der Waals surface area contributed by atoms with Crippen LogP contribution in [0.2, 0.25) is 5.02 Å². The first-order valence-electron chi connectivity index (χ1n) is 5.88. The van der Waals surface area contributed by atoms with Crippen molar-refractivity contribution in [2.24, 2.45) is 0 Å². The molecule has 0 aliphatic carbocycles. The van der Waals surface area contributed by atoms with Crippen LogP contribution in [0, 0.1) is 13.8 Å². The largest absolute Gasteiger partial charge is 0.263 e. The number of nitrogens with zero attached hydrogens (tertiary/aromatic N) is 1. The third kappa shape index (κ3) is 2.85. The molecule has 3 heteroatoms. The summed E-state index contributed by atoms with van der Waals surface area (Å²) in [5.74, 6) is 0. The zero-order valence-corrected chi connectivity index (χ0v) is 12.0. The standard InChI is InChI=1S/C15H15Cl2N/c1-10-4-3-5-11(2)15(10)13(16)8-12-6-7-18-9-14(12)17/h3-7,9,13H,8H2,1-2H3. The van der Waals surface area contributed by atoms with Crippen molar-refractivity contribution in [1.82, 2.24) is 4.98 Å². The Labute approximate surface area is 118 Å². The average molecular weight is 280 g/mol. The monoisotopic (exact) mass is 279 g/mol. The van der Waals surface area contributed by atoms with Crippen molar-refractivity contribution in [3.8, 4) is 0 Å². The minimum atomic E-state index is -0.0638. The molecular weight excluding hydrogens is 265 g/mol. The first-order valence-corrected chi connectivity index (χ1v) is 6.69. The maximum atomic E-state index is 6.54. The molecule has 1 aromatic heterocycles. The number of aromatic nitrogens is 1. The Morgan fingerprint density at radius 3 is 2.44 bits per heavy atom. The van der Waals surface area contributed by atoms with Gasteiger partial charge in [-0.15, -0.1) is 11.6 Å². The highest BCUT2D eigenvalue weighted by Crippen LogP contribution is 2.31. The number of aryl methyl sites for hydroxylation is 2. The summed E-state index contributed by atoms with van der Waals surface area (Å²) < 4.78 is 0. The normalized spacial score (nSPS) is 12.4. The van der Waals surface area contributed by atoms with Gasteiger partial charge in [0.2, 0.25) is 0 Å². The molecule has 0 spiro atoms. The fourth-order valence-corrected chi connectivity index (χ4v) is 2.89. The van der Waals surface area contributed by atoms with E-state index in [9.17, 15) is 0 Å². The molecule has 1 nitrogen and oxygen atoms in total. The Kier molecular flexibility index (Phi) is 4.26. The smallest absolute Gasteiger partial charge is 0.0631 e. The second-order valence-electron chi connectivity index (χ2n) is 4.44. The Balaban J connectivity index is 2.28. The minimum absolute atomic E-state index is 0.0638. The van der Waals surface area contributed by atoms with Crippen LogP contribution in [0.3, 0.4) is 0 Å². The van der Waals surface area contributed by atoms with Crippen LogP contribution < -0.4 is 0 Å². The van der Waals surface area contributed by atoms with Gasteiger partial charge in [0.15, 0.2) is 0 Å². The molecule has 94 valence electrons. The number of alkyl halides is 1. The van der Waals surface area contributed by atoms with Crippen molar-refractivity contribution < 1.29 is 0 Å². The van der Waals surface area contributed by atoms with Gasteiger partial charge in [0.05, 0.1) is 10.4 Å². The molecular formula is C15H15Cl2N. The summed E-state index contributed by atoms with van der Waals surface area (Å²) in [5.41, 5.74) is 4.68.